The van der Waals surface area contributed by atoms with Gasteiger partial charge < -0.3 is 21.5 Å². The van der Waals surface area contributed by atoms with E-state index in [9.17, 15) is 4.79 Å². The van der Waals surface area contributed by atoms with E-state index in [-0.39, 0.29) is 18.6 Å². The third-order valence-electron chi connectivity index (χ3n) is 4.37. The number of carbonyl (C=O) groups is 1. The Labute approximate surface area is 174 Å². The summed E-state index contributed by atoms with van der Waals surface area (Å²) >= 11 is 1.47. The molecule has 0 fully saturated rings. The van der Waals surface area contributed by atoms with Crippen molar-refractivity contribution in [1.82, 2.24) is 15.3 Å². The van der Waals surface area contributed by atoms with Gasteiger partial charge in [-0.1, -0.05) is 30.3 Å². The van der Waals surface area contributed by atoms with E-state index in [2.05, 4.69) is 32.7 Å². The molecule has 0 aliphatic rings. The van der Waals surface area contributed by atoms with Crippen molar-refractivity contribution < 1.29 is 9.90 Å². The number of rotatable bonds is 10. The molecule has 5 N–H and O–H groups in total. The second-order valence-corrected chi connectivity index (χ2v) is 7.46. The summed E-state index contributed by atoms with van der Waals surface area (Å²) in [6.07, 6.45) is 3.77. The van der Waals surface area contributed by atoms with Gasteiger partial charge in [-0.15, -0.1) is 11.3 Å². The number of nitrogens with two attached hydrogens (primary N) is 1. The van der Waals surface area contributed by atoms with E-state index in [4.69, 9.17) is 10.8 Å². The Kier molecular flexibility index (Phi) is 7.69. The van der Waals surface area contributed by atoms with E-state index < -0.39 is 0 Å². The van der Waals surface area contributed by atoms with Crippen LogP contribution in [0.2, 0.25) is 0 Å². The maximum atomic E-state index is 12.0. The fourth-order valence-corrected chi connectivity index (χ4v) is 3.50. The average molecular weight is 412 g/mol. The molecule has 1 aromatic carbocycles. The number of hydrogen-bond acceptors (Lipinski definition) is 7. The summed E-state index contributed by atoms with van der Waals surface area (Å²) < 4.78 is 0. The molecule has 29 heavy (non-hydrogen) atoms. The normalized spacial score (nSPS) is 11.8. The molecule has 8 heteroatoms. The Morgan fingerprint density at radius 2 is 2.03 bits per heavy atom. The van der Waals surface area contributed by atoms with E-state index in [0.29, 0.717) is 29.5 Å². The molecule has 152 valence electrons. The number of nitrogens with one attached hydrogen (secondary N) is 2. The van der Waals surface area contributed by atoms with E-state index in [1.54, 1.807) is 12.1 Å². The largest absolute Gasteiger partial charge is 0.396 e. The molecule has 0 spiro atoms. The number of aliphatic hydroxyl groups excluding tert-OH is 1. The van der Waals surface area contributed by atoms with Gasteiger partial charge in [0.25, 0.3) is 5.91 Å². The minimum atomic E-state index is -0.210. The van der Waals surface area contributed by atoms with Crippen molar-refractivity contribution in [3.63, 3.8) is 0 Å². The summed E-state index contributed by atoms with van der Waals surface area (Å²) in [5.74, 6) is 0.397. The third-order valence-corrected chi connectivity index (χ3v) is 5.15. The van der Waals surface area contributed by atoms with Gasteiger partial charge in [0, 0.05) is 30.8 Å². The number of thiazole rings is 1. The molecule has 1 amide bonds. The van der Waals surface area contributed by atoms with Crippen molar-refractivity contribution in [1.29, 1.82) is 0 Å². The standard InChI is InChI=1S/C21H25N5O2S/c22-17(9-7-15-5-2-1-3-6-15)18-14-29-21(25-18)26-19-10-8-16(13-24-19)20(28)23-11-4-12-27/h1-3,5-6,8,10,13-14,17,27H,4,7,9,11-12,22H2,(H,23,28)(H,24,25,26). The molecule has 3 rings (SSSR count). The highest BCUT2D eigenvalue weighted by molar-refractivity contribution is 7.13. The summed E-state index contributed by atoms with van der Waals surface area (Å²) in [5, 5.41) is 17.3. The van der Waals surface area contributed by atoms with Crippen LogP contribution in [-0.2, 0) is 6.42 Å². The highest BCUT2D eigenvalue weighted by Crippen LogP contribution is 2.24. The molecular weight excluding hydrogens is 386 g/mol. The second-order valence-electron chi connectivity index (χ2n) is 6.60. The van der Waals surface area contributed by atoms with Gasteiger partial charge in [0.05, 0.1) is 11.3 Å². The molecule has 2 heterocycles. The highest BCUT2D eigenvalue weighted by atomic mass is 32.1. The Hall–Kier alpha value is -2.81. The summed E-state index contributed by atoms with van der Waals surface area (Å²) in [5.41, 5.74) is 8.88. The first-order valence-electron chi connectivity index (χ1n) is 9.53. The van der Waals surface area contributed by atoms with E-state index in [0.717, 1.165) is 18.5 Å². The van der Waals surface area contributed by atoms with Gasteiger partial charge in [0.15, 0.2) is 5.13 Å². The molecule has 7 nitrogen and oxygen atoms in total. The predicted octanol–water partition coefficient (Wildman–Crippen LogP) is 3.03. The third kappa shape index (κ3) is 6.35. The van der Waals surface area contributed by atoms with Gasteiger partial charge in [-0.05, 0) is 37.0 Å². The lowest BCUT2D eigenvalue weighted by Crippen LogP contribution is -2.25. The van der Waals surface area contributed by atoms with Gasteiger partial charge in [-0.3, -0.25) is 4.79 Å². The monoisotopic (exact) mass is 411 g/mol. The molecular formula is C21H25N5O2S. The zero-order valence-corrected chi connectivity index (χ0v) is 16.9. The summed E-state index contributed by atoms with van der Waals surface area (Å²) in [7, 11) is 0. The van der Waals surface area contributed by atoms with Crippen LogP contribution in [0.4, 0.5) is 10.9 Å². The summed E-state index contributed by atoms with van der Waals surface area (Å²) in [4.78, 5) is 20.8. The average Bonchev–Trinajstić information content (AvgIpc) is 3.22. The van der Waals surface area contributed by atoms with Crippen LogP contribution in [0, 0.1) is 0 Å². The smallest absolute Gasteiger partial charge is 0.252 e. The lowest BCUT2D eigenvalue weighted by molar-refractivity contribution is 0.0951. The van der Waals surface area contributed by atoms with Gasteiger partial charge in [-0.25, -0.2) is 9.97 Å². The Bertz CT molecular complexity index is 899. The van der Waals surface area contributed by atoms with Crippen molar-refractivity contribution in [2.75, 3.05) is 18.5 Å². The number of amides is 1. The zero-order chi connectivity index (χ0) is 20.5. The number of benzene rings is 1. The first-order valence-corrected chi connectivity index (χ1v) is 10.4. The molecule has 1 atom stereocenters. The Morgan fingerprint density at radius 3 is 2.76 bits per heavy atom. The zero-order valence-electron chi connectivity index (χ0n) is 16.0. The molecule has 2 aromatic heterocycles. The topological polar surface area (TPSA) is 113 Å². The van der Waals surface area contributed by atoms with Crippen LogP contribution >= 0.6 is 11.3 Å². The summed E-state index contributed by atoms with van der Waals surface area (Å²) in [6.45, 7) is 0.481. The first-order chi connectivity index (χ1) is 14.2. The predicted molar refractivity (Wildman–Crippen MR) is 115 cm³/mol. The van der Waals surface area contributed by atoms with Crippen LogP contribution in [0.1, 0.15) is 40.5 Å². The van der Waals surface area contributed by atoms with Crippen LogP contribution in [0.5, 0.6) is 0 Å². The minimum absolute atomic E-state index is 0.0487. The number of aromatic nitrogens is 2. The number of aryl methyl sites for hydroxylation is 1. The molecule has 0 bridgehead atoms. The lowest BCUT2D eigenvalue weighted by atomic mass is 10.0. The van der Waals surface area contributed by atoms with Gasteiger partial charge in [-0.2, -0.15) is 0 Å². The van der Waals surface area contributed by atoms with Gasteiger partial charge in [0.1, 0.15) is 5.82 Å². The number of anilines is 2. The van der Waals surface area contributed by atoms with Gasteiger partial charge >= 0.3 is 0 Å². The number of hydrogen-bond donors (Lipinski definition) is 4. The minimum Gasteiger partial charge on any atom is -0.396 e. The van der Waals surface area contributed by atoms with Crippen LogP contribution in [-0.4, -0.2) is 34.1 Å². The maximum absolute atomic E-state index is 12.0. The van der Waals surface area contributed by atoms with Crippen molar-refractivity contribution in [3.05, 3.63) is 70.9 Å². The molecule has 0 saturated heterocycles. The first kappa shape index (κ1) is 20.9. The fourth-order valence-electron chi connectivity index (χ4n) is 2.72. The second kappa shape index (κ2) is 10.7. The van der Waals surface area contributed by atoms with Crippen LogP contribution in [0.3, 0.4) is 0 Å². The molecule has 0 radical (unpaired) electrons. The number of aliphatic hydroxyl groups is 1. The molecule has 0 aliphatic heterocycles. The van der Waals surface area contributed by atoms with E-state index in [1.165, 1.54) is 23.1 Å². The SMILES string of the molecule is NC(CCc1ccccc1)c1csc(Nc2ccc(C(=O)NCCCO)cn2)n1. The van der Waals surface area contributed by atoms with Crippen LogP contribution in [0.15, 0.2) is 54.0 Å². The molecule has 0 aliphatic carbocycles. The fraction of sp³-hybridized carbons (Fsp3) is 0.286. The maximum Gasteiger partial charge on any atom is 0.252 e. The molecule has 0 saturated carbocycles. The van der Waals surface area contributed by atoms with Gasteiger partial charge in [0.2, 0.25) is 0 Å². The molecule has 3 aromatic rings. The highest BCUT2D eigenvalue weighted by Gasteiger charge is 2.12. The number of pyridine rings is 1. The Balaban J connectivity index is 1.52. The van der Waals surface area contributed by atoms with Crippen molar-refractivity contribution in [3.8, 4) is 0 Å². The number of nitrogens with zero attached hydrogens (tertiary/aromatic N) is 2. The van der Waals surface area contributed by atoms with Crippen LogP contribution < -0.4 is 16.4 Å². The van der Waals surface area contributed by atoms with Crippen LogP contribution in [0.25, 0.3) is 0 Å². The lowest BCUT2D eigenvalue weighted by Gasteiger charge is -2.09. The Morgan fingerprint density at radius 1 is 1.21 bits per heavy atom. The number of carbonyl (C=O) groups excluding carboxylic acids is 1. The quantitative estimate of drug-likeness (QED) is 0.382. The van der Waals surface area contributed by atoms with E-state index >= 15 is 0 Å². The van der Waals surface area contributed by atoms with E-state index in [1.807, 2.05) is 23.6 Å². The molecule has 1 unspecified atom stereocenters. The van der Waals surface area contributed by atoms with Crippen molar-refractivity contribution in [2.45, 2.75) is 25.3 Å². The summed E-state index contributed by atoms with van der Waals surface area (Å²) in [6, 6.07) is 13.6. The van der Waals surface area contributed by atoms with Crippen molar-refractivity contribution in [2.24, 2.45) is 5.73 Å². The van der Waals surface area contributed by atoms with Crippen molar-refractivity contribution >= 4 is 28.2 Å².